The Labute approximate surface area is 143 Å². The summed E-state index contributed by atoms with van der Waals surface area (Å²) in [7, 11) is -3.34. The quantitative estimate of drug-likeness (QED) is 0.906. The van der Waals surface area contributed by atoms with E-state index in [1.54, 1.807) is 0 Å². The van der Waals surface area contributed by atoms with Crippen LogP contribution in [-0.4, -0.2) is 33.0 Å². The van der Waals surface area contributed by atoms with Gasteiger partial charge in [0, 0.05) is 18.6 Å². The molecule has 24 heavy (non-hydrogen) atoms. The molecular formula is C18H25NO4S. The number of sulfonamides is 1. The van der Waals surface area contributed by atoms with Crippen LogP contribution in [0.1, 0.15) is 50.1 Å². The fraction of sp³-hybridized carbons (Fsp3) is 0.667. The Kier molecular flexibility index (Phi) is 4.31. The molecule has 1 N–H and O–H groups in total. The normalized spacial score (nSPS) is 28.7. The van der Waals surface area contributed by atoms with E-state index in [0.29, 0.717) is 13.2 Å². The van der Waals surface area contributed by atoms with Gasteiger partial charge in [-0.05, 0) is 44.1 Å². The standard InChI is InChI=1S/C18H25NO4S/c20-24(21,13-14-7-10-22-12-14)19-16-11-18(8-3-4-9-18)23-17-6-2-1-5-15(16)17/h1-2,5-6,14,16,19H,3-4,7-13H2. The van der Waals surface area contributed by atoms with Crippen molar-refractivity contribution >= 4 is 10.0 Å². The van der Waals surface area contributed by atoms with Crippen molar-refractivity contribution in [2.75, 3.05) is 19.0 Å². The highest BCUT2D eigenvalue weighted by atomic mass is 32.2. The Morgan fingerprint density at radius 3 is 2.75 bits per heavy atom. The van der Waals surface area contributed by atoms with E-state index in [-0.39, 0.29) is 23.3 Å². The first-order valence-corrected chi connectivity index (χ1v) is 10.6. The number of benzene rings is 1. The van der Waals surface area contributed by atoms with Crippen LogP contribution in [0.3, 0.4) is 0 Å². The topological polar surface area (TPSA) is 64.6 Å². The summed E-state index contributed by atoms with van der Waals surface area (Å²) in [6, 6.07) is 7.64. The number of hydrogen-bond donors (Lipinski definition) is 1. The molecule has 1 saturated carbocycles. The van der Waals surface area contributed by atoms with Gasteiger partial charge in [0.05, 0.1) is 18.4 Å². The molecule has 2 atom stereocenters. The van der Waals surface area contributed by atoms with Crippen molar-refractivity contribution in [3.05, 3.63) is 29.8 Å². The third kappa shape index (κ3) is 3.32. The van der Waals surface area contributed by atoms with Crippen molar-refractivity contribution in [1.82, 2.24) is 4.72 Å². The maximum absolute atomic E-state index is 12.7. The zero-order valence-corrected chi connectivity index (χ0v) is 14.7. The minimum Gasteiger partial charge on any atom is -0.487 e. The van der Waals surface area contributed by atoms with Gasteiger partial charge in [-0.25, -0.2) is 13.1 Å². The maximum Gasteiger partial charge on any atom is 0.212 e. The molecule has 0 aromatic heterocycles. The van der Waals surface area contributed by atoms with Crippen LogP contribution < -0.4 is 9.46 Å². The molecule has 1 aliphatic carbocycles. The summed E-state index contributed by atoms with van der Waals surface area (Å²) in [4.78, 5) is 0. The fourth-order valence-electron chi connectivity index (χ4n) is 4.34. The number of nitrogens with one attached hydrogen (secondary N) is 1. The van der Waals surface area contributed by atoms with Gasteiger partial charge >= 0.3 is 0 Å². The van der Waals surface area contributed by atoms with Crippen LogP contribution in [0, 0.1) is 5.92 Å². The largest absolute Gasteiger partial charge is 0.487 e. The van der Waals surface area contributed by atoms with Crippen molar-refractivity contribution in [1.29, 1.82) is 0 Å². The number of hydrogen-bond acceptors (Lipinski definition) is 4. The molecule has 5 nitrogen and oxygen atoms in total. The second kappa shape index (κ2) is 6.32. The molecule has 0 bridgehead atoms. The lowest BCUT2D eigenvalue weighted by molar-refractivity contribution is 0.0403. The average molecular weight is 351 g/mol. The van der Waals surface area contributed by atoms with E-state index in [9.17, 15) is 8.42 Å². The molecule has 0 amide bonds. The van der Waals surface area contributed by atoms with Gasteiger partial charge in [-0.2, -0.15) is 0 Å². The van der Waals surface area contributed by atoms with Gasteiger partial charge in [-0.15, -0.1) is 0 Å². The Morgan fingerprint density at radius 2 is 2.00 bits per heavy atom. The highest BCUT2D eigenvalue weighted by Crippen LogP contribution is 2.47. The van der Waals surface area contributed by atoms with Crippen LogP contribution in [0.15, 0.2) is 24.3 Å². The molecule has 6 heteroatoms. The van der Waals surface area contributed by atoms with E-state index in [0.717, 1.165) is 49.8 Å². The summed E-state index contributed by atoms with van der Waals surface area (Å²) in [5, 5.41) is 0. The van der Waals surface area contributed by atoms with Crippen LogP contribution >= 0.6 is 0 Å². The van der Waals surface area contributed by atoms with Crippen molar-refractivity contribution < 1.29 is 17.9 Å². The van der Waals surface area contributed by atoms with E-state index in [1.165, 1.54) is 0 Å². The van der Waals surface area contributed by atoms with E-state index in [2.05, 4.69) is 4.72 Å². The molecule has 4 rings (SSSR count). The zero-order valence-electron chi connectivity index (χ0n) is 13.9. The molecule has 1 saturated heterocycles. The van der Waals surface area contributed by atoms with E-state index >= 15 is 0 Å². The molecule has 2 heterocycles. The summed E-state index contributed by atoms with van der Waals surface area (Å²) >= 11 is 0. The van der Waals surface area contributed by atoms with Crippen LogP contribution in [0.4, 0.5) is 0 Å². The Hall–Kier alpha value is -1.11. The highest BCUT2D eigenvalue weighted by Gasteiger charge is 2.44. The average Bonchev–Trinajstić information content (AvgIpc) is 3.19. The van der Waals surface area contributed by atoms with Gasteiger partial charge in [0.1, 0.15) is 11.4 Å². The molecule has 3 aliphatic rings. The minimum atomic E-state index is -3.34. The van der Waals surface area contributed by atoms with Gasteiger partial charge in [0.25, 0.3) is 0 Å². The van der Waals surface area contributed by atoms with Gasteiger partial charge in [0.15, 0.2) is 0 Å². The van der Waals surface area contributed by atoms with E-state index < -0.39 is 10.0 Å². The highest BCUT2D eigenvalue weighted by molar-refractivity contribution is 7.89. The summed E-state index contributed by atoms with van der Waals surface area (Å²) in [6.45, 7) is 1.22. The maximum atomic E-state index is 12.7. The Bertz CT molecular complexity index is 691. The Morgan fingerprint density at radius 1 is 1.21 bits per heavy atom. The predicted octanol–water partition coefficient (Wildman–Crippen LogP) is 2.78. The monoisotopic (exact) mass is 351 g/mol. The second-order valence-corrected chi connectivity index (χ2v) is 9.21. The van der Waals surface area contributed by atoms with Gasteiger partial charge in [0.2, 0.25) is 10.0 Å². The molecule has 1 aromatic carbocycles. The molecule has 1 spiro atoms. The van der Waals surface area contributed by atoms with Crippen LogP contribution in [0.25, 0.3) is 0 Å². The summed E-state index contributed by atoms with van der Waals surface area (Å²) in [6.07, 6.45) is 5.88. The van der Waals surface area contributed by atoms with Gasteiger partial charge in [-0.3, -0.25) is 0 Å². The number of para-hydroxylation sites is 1. The van der Waals surface area contributed by atoms with Gasteiger partial charge < -0.3 is 9.47 Å². The smallest absolute Gasteiger partial charge is 0.212 e. The lowest BCUT2D eigenvalue weighted by Crippen LogP contribution is -2.44. The van der Waals surface area contributed by atoms with Crippen molar-refractivity contribution in [2.24, 2.45) is 5.92 Å². The third-order valence-electron chi connectivity index (χ3n) is 5.51. The molecule has 2 aliphatic heterocycles. The third-order valence-corrected chi connectivity index (χ3v) is 7.07. The summed E-state index contributed by atoms with van der Waals surface area (Å²) in [5.41, 5.74) is 0.763. The first kappa shape index (κ1) is 16.4. The van der Waals surface area contributed by atoms with Crippen molar-refractivity contribution in [3.8, 4) is 5.75 Å². The first-order valence-electron chi connectivity index (χ1n) is 8.91. The van der Waals surface area contributed by atoms with Gasteiger partial charge in [-0.1, -0.05) is 18.2 Å². The van der Waals surface area contributed by atoms with Crippen molar-refractivity contribution in [3.63, 3.8) is 0 Å². The zero-order chi connectivity index (χ0) is 16.6. The number of fused-ring (bicyclic) bond motifs is 1. The van der Waals surface area contributed by atoms with Crippen LogP contribution in [0.5, 0.6) is 5.75 Å². The minimum absolute atomic E-state index is 0.109. The number of ether oxygens (including phenoxy) is 2. The number of rotatable bonds is 4. The van der Waals surface area contributed by atoms with E-state index in [4.69, 9.17) is 9.47 Å². The first-order chi connectivity index (χ1) is 11.6. The summed E-state index contributed by atoms with van der Waals surface area (Å²) in [5.74, 6) is 1.10. The fourth-order valence-corrected chi connectivity index (χ4v) is 5.96. The Balaban J connectivity index is 1.56. The summed E-state index contributed by atoms with van der Waals surface area (Å²) < 4.78 is 39.9. The van der Waals surface area contributed by atoms with Crippen molar-refractivity contribution in [2.45, 2.75) is 50.2 Å². The molecular weight excluding hydrogens is 326 g/mol. The molecule has 1 aromatic rings. The SMILES string of the molecule is O=S(=O)(CC1CCOC1)NC1CC2(CCCC2)Oc2ccccc21. The second-order valence-electron chi connectivity index (χ2n) is 7.42. The molecule has 132 valence electrons. The molecule has 2 fully saturated rings. The lowest BCUT2D eigenvalue weighted by atomic mass is 9.86. The molecule has 0 radical (unpaired) electrons. The predicted molar refractivity (Wildman–Crippen MR) is 91.5 cm³/mol. The van der Waals surface area contributed by atoms with Crippen LogP contribution in [-0.2, 0) is 14.8 Å². The van der Waals surface area contributed by atoms with E-state index in [1.807, 2.05) is 24.3 Å². The molecule has 2 unspecified atom stereocenters. The lowest BCUT2D eigenvalue weighted by Gasteiger charge is -2.40. The van der Waals surface area contributed by atoms with Crippen LogP contribution in [0.2, 0.25) is 0 Å².